The van der Waals surface area contributed by atoms with E-state index in [2.05, 4.69) is 127 Å². The van der Waals surface area contributed by atoms with Crippen LogP contribution in [-0.2, 0) is 0 Å². The molecule has 0 aliphatic carbocycles. The second-order valence-electron chi connectivity index (χ2n) is 8.22. The summed E-state index contributed by atoms with van der Waals surface area (Å²) in [6, 6.07) is 43.6. The van der Waals surface area contributed by atoms with E-state index in [1.54, 1.807) is 0 Å². The van der Waals surface area contributed by atoms with Crippen molar-refractivity contribution in [1.29, 1.82) is 0 Å². The van der Waals surface area contributed by atoms with Gasteiger partial charge in [0.05, 0.1) is 0 Å². The van der Waals surface area contributed by atoms with Crippen molar-refractivity contribution in [2.24, 2.45) is 0 Å². The van der Waals surface area contributed by atoms with Crippen LogP contribution in [0.4, 0.5) is 0 Å². The van der Waals surface area contributed by atoms with Gasteiger partial charge in [-0.3, -0.25) is 0 Å². The number of hydrogen-bond donors (Lipinski definition) is 0. The van der Waals surface area contributed by atoms with Gasteiger partial charge in [0.15, 0.2) is 0 Å². The van der Waals surface area contributed by atoms with Crippen molar-refractivity contribution in [3.05, 3.63) is 134 Å². The Bertz CT molecular complexity index is 1470. The van der Waals surface area contributed by atoms with Gasteiger partial charge >= 0.3 is 216 Å². The van der Waals surface area contributed by atoms with Gasteiger partial charge in [-0.05, 0) is 0 Å². The molecule has 0 saturated carbocycles. The molecule has 168 valence electrons. The van der Waals surface area contributed by atoms with Gasteiger partial charge in [0, 0.05) is 0 Å². The van der Waals surface area contributed by atoms with Crippen LogP contribution in [0.5, 0.6) is 0 Å². The molecule has 0 amide bonds. The van der Waals surface area contributed by atoms with Gasteiger partial charge in [0.1, 0.15) is 0 Å². The number of rotatable bonds is 6. The summed E-state index contributed by atoms with van der Waals surface area (Å²) < 4.78 is 2.87. The van der Waals surface area contributed by atoms with Crippen LogP contribution in [0.25, 0.3) is 21.8 Å². The molecule has 5 heteroatoms. The van der Waals surface area contributed by atoms with Crippen molar-refractivity contribution in [2.45, 2.75) is 9.79 Å². The third-order valence-corrected chi connectivity index (χ3v) is 32.3. The molecule has 0 fully saturated rings. The van der Waals surface area contributed by atoms with Crippen LogP contribution in [-0.4, -0.2) is 25.6 Å². The summed E-state index contributed by atoms with van der Waals surface area (Å²) in [4.78, 5) is 12.1. The molecule has 2 nitrogen and oxygen atoms in total. The monoisotopic (exact) mass is 594 g/mol. The van der Waals surface area contributed by atoms with Gasteiger partial charge < -0.3 is 0 Å². The number of benzene rings is 4. The first kappa shape index (κ1) is 22.6. The Kier molecular flexibility index (Phi) is 6.51. The van der Waals surface area contributed by atoms with E-state index in [1.807, 2.05) is 24.5 Å². The summed E-state index contributed by atoms with van der Waals surface area (Å²) in [6.07, 6.45) is 3.80. The van der Waals surface area contributed by atoms with E-state index in [0.29, 0.717) is 0 Å². The normalized spacial score (nSPS) is 11.7. The summed E-state index contributed by atoms with van der Waals surface area (Å²) in [5, 5.41) is 2.35. The maximum absolute atomic E-state index is 4.80. The van der Waals surface area contributed by atoms with Gasteiger partial charge in [0.2, 0.25) is 0 Å². The average molecular weight is 593 g/mol. The molecule has 0 radical (unpaired) electrons. The number of nitrogens with zero attached hydrogens (tertiary/aromatic N) is 2. The van der Waals surface area contributed by atoms with E-state index in [4.69, 9.17) is 9.97 Å². The first-order chi connectivity index (χ1) is 17.3. The minimum absolute atomic E-state index is 1.07. The predicted octanol–water partition coefficient (Wildman–Crippen LogP) is 6.92. The second-order valence-corrected chi connectivity index (χ2v) is 29.8. The molecule has 6 aromatic rings. The van der Waals surface area contributed by atoms with E-state index in [0.717, 1.165) is 11.0 Å². The van der Waals surface area contributed by atoms with Crippen molar-refractivity contribution in [1.82, 2.24) is 9.97 Å². The SMILES string of the molecule is c1cc[c]([Sn]([S]c2cccc3cccnc23)([S]c2cccc3cccnc23)[c]2ccccc2)cc1. The molecule has 0 unspecified atom stereocenters. The van der Waals surface area contributed by atoms with Gasteiger partial charge in [-0.1, -0.05) is 0 Å². The molecule has 35 heavy (non-hydrogen) atoms. The second kappa shape index (κ2) is 10.1. The molecule has 0 spiro atoms. The van der Waals surface area contributed by atoms with Crippen molar-refractivity contribution in [3.63, 3.8) is 0 Å². The number of pyridine rings is 2. The molecule has 0 aliphatic heterocycles. The average Bonchev–Trinajstić information content (AvgIpc) is 2.94. The van der Waals surface area contributed by atoms with Gasteiger partial charge in [0.25, 0.3) is 0 Å². The van der Waals surface area contributed by atoms with Crippen LogP contribution in [0, 0.1) is 0 Å². The van der Waals surface area contributed by atoms with Crippen LogP contribution in [0.15, 0.2) is 144 Å². The Balaban J connectivity index is 1.61. The number of para-hydroxylation sites is 2. The Morgan fingerprint density at radius 1 is 0.429 bits per heavy atom. The molecule has 0 N–H and O–H groups in total. The predicted molar refractivity (Wildman–Crippen MR) is 153 cm³/mol. The Hall–Kier alpha value is -2.80. The third-order valence-electron chi connectivity index (χ3n) is 6.01. The zero-order chi connectivity index (χ0) is 23.5. The molecule has 0 aliphatic rings. The molecule has 4 aromatic carbocycles. The van der Waals surface area contributed by atoms with E-state index >= 15 is 0 Å². The van der Waals surface area contributed by atoms with Crippen LogP contribution >= 0.6 is 17.9 Å². The van der Waals surface area contributed by atoms with Gasteiger partial charge in [-0.2, -0.15) is 0 Å². The van der Waals surface area contributed by atoms with Crippen LogP contribution < -0.4 is 7.16 Å². The summed E-state index contributed by atoms with van der Waals surface area (Å²) in [6.45, 7) is 0. The fraction of sp³-hybridized carbons (Fsp3) is 0. The topological polar surface area (TPSA) is 25.8 Å². The minimum atomic E-state index is -3.56. The van der Waals surface area contributed by atoms with E-state index in [-0.39, 0.29) is 0 Å². The molecule has 0 bridgehead atoms. The Morgan fingerprint density at radius 3 is 1.31 bits per heavy atom. The molecule has 0 atom stereocenters. The van der Waals surface area contributed by atoms with E-state index < -0.39 is 15.6 Å². The third kappa shape index (κ3) is 4.46. The first-order valence-electron chi connectivity index (χ1n) is 11.5. The van der Waals surface area contributed by atoms with Gasteiger partial charge in [-0.25, -0.2) is 0 Å². The summed E-state index contributed by atoms with van der Waals surface area (Å²) in [5.41, 5.74) is 2.15. The zero-order valence-electron chi connectivity index (χ0n) is 18.9. The van der Waals surface area contributed by atoms with E-state index in [1.165, 1.54) is 27.7 Å². The quantitative estimate of drug-likeness (QED) is 0.196. The van der Waals surface area contributed by atoms with E-state index in [9.17, 15) is 0 Å². The molecular weight excluding hydrogens is 571 g/mol. The van der Waals surface area contributed by atoms with Crippen molar-refractivity contribution in [2.75, 3.05) is 0 Å². The summed E-state index contributed by atoms with van der Waals surface area (Å²) in [5.74, 6) is 0. The van der Waals surface area contributed by atoms with Crippen molar-refractivity contribution < 1.29 is 0 Å². The Morgan fingerprint density at radius 2 is 0.857 bits per heavy atom. The zero-order valence-corrected chi connectivity index (χ0v) is 23.4. The number of aromatic nitrogens is 2. The fourth-order valence-electron chi connectivity index (χ4n) is 4.37. The summed E-state index contributed by atoms with van der Waals surface area (Å²) >= 11 is -3.56. The molecule has 2 heterocycles. The molecular formula is C30H22N2S2Sn. The molecule has 2 aromatic heterocycles. The Labute approximate surface area is 214 Å². The first-order valence-corrected chi connectivity index (χ1v) is 23.0. The van der Waals surface area contributed by atoms with Crippen molar-refractivity contribution >= 4 is 62.5 Å². The van der Waals surface area contributed by atoms with Crippen LogP contribution in [0.2, 0.25) is 0 Å². The summed E-state index contributed by atoms with van der Waals surface area (Å²) in [7, 11) is 4.12. The van der Waals surface area contributed by atoms with Gasteiger partial charge in [-0.15, -0.1) is 0 Å². The standard InChI is InChI=1S/2C9H7NS.2C6H5.Sn/c2*11-8-5-1-3-7-4-2-6-10-9(7)8;2*1-2-4-6-5-3-1;/h2*1-6,11H;2*1-5H;/q;;;;+2/p-2. The molecule has 0 saturated heterocycles. The molecule has 6 rings (SSSR count). The van der Waals surface area contributed by atoms with Crippen LogP contribution in [0.1, 0.15) is 0 Å². The maximum atomic E-state index is 4.80. The number of hydrogen-bond acceptors (Lipinski definition) is 4. The van der Waals surface area contributed by atoms with Crippen molar-refractivity contribution in [3.8, 4) is 0 Å². The fourth-order valence-corrected chi connectivity index (χ4v) is 31.5. The van der Waals surface area contributed by atoms with Crippen LogP contribution in [0.3, 0.4) is 0 Å². The number of fused-ring (bicyclic) bond motifs is 2.